The van der Waals surface area contributed by atoms with Crippen LogP contribution in [0.25, 0.3) is 0 Å². The van der Waals surface area contributed by atoms with Crippen LogP contribution in [0.15, 0.2) is 0 Å². The quantitative estimate of drug-likeness (QED) is 0.426. The van der Waals surface area contributed by atoms with E-state index in [1.54, 1.807) is 0 Å². The summed E-state index contributed by atoms with van der Waals surface area (Å²) < 4.78 is 5.97. The van der Waals surface area contributed by atoms with Crippen molar-refractivity contribution >= 4 is 17.7 Å². The zero-order chi connectivity index (χ0) is 16.4. The van der Waals surface area contributed by atoms with Gasteiger partial charge in [0.2, 0.25) is 5.91 Å². The molecule has 0 atom stereocenters. The van der Waals surface area contributed by atoms with E-state index in [1.165, 1.54) is 12.2 Å². The van der Waals surface area contributed by atoms with Gasteiger partial charge in [-0.05, 0) is 50.5 Å². The molecule has 3 N–H and O–H groups in total. The predicted molar refractivity (Wildman–Crippen MR) is 89.2 cm³/mol. The minimum atomic E-state index is -0.199. The summed E-state index contributed by atoms with van der Waals surface area (Å²) in [4.78, 5) is 15.4. The summed E-state index contributed by atoms with van der Waals surface area (Å²) in [5.41, 5.74) is 0.130. The number of carbonyl (C=O) groups is 1. The summed E-state index contributed by atoms with van der Waals surface area (Å²) in [5, 5.41) is 2.72. The van der Waals surface area contributed by atoms with Gasteiger partial charge in [-0.1, -0.05) is 13.8 Å². The van der Waals surface area contributed by atoms with Crippen molar-refractivity contribution in [2.75, 3.05) is 31.8 Å². The Kier molecular flexibility index (Phi) is 10.3. The second-order valence-corrected chi connectivity index (χ2v) is 7.69. The van der Waals surface area contributed by atoms with Crippen molar-refractivity contribution in [1.29, 1.82) is 0 Å². The molecule has 21 heavy (non-hydrogen) atoms. The molecule has 5 nitrogen and oxygen atoms in total. The van der Waals surface area contributed by atoms with Gasteiger partial charge in [-0.3, -0.25) is 9.63 Å². The number of rotatable bonds is 12. The fraction of sp³-hybridized carbons (Fsp3) is 0.933. The Morgan fingerprint density at radius 1 is 1.29 bits per heavy atom. The van der Waals surface area contributed by atoms with Crippen LogP contribution in [-0.2, 0) is 14.4 Å². The Balaban J connectivity index is 3.89. The number of hydrogen-bond acceptors (Lipinski definition) is 5. The summed E-state index contributed by atoms with van der Waals surface area (Å²) in [6.45, 7) is 9.96. The molecule has 0 saturated heterocycles. The number of carbonyl (C=O) groups excluding carboxylic acids is 1. The van der Waals surface area contributed by atoms with Crippen LogP contribution in [0.4, 0.5) is 0 Å². The van der Waals surface area contributed by atoms with Gasteiger partial charge in [0.1, 0.15) is 6.61 Å². The smallest absolute Gasteiger partial charge is 0.248 e. The van der Waals surface area contributed by atoms with Crippen molar-refractivity contribution in [2.24, 2.45) is 11.3 Å². The number of thioether (sulfide) groups is 1. The maximum absolute atomic E-state index is 11.1. The number of hydrogen-bond donors (Lipinski definition) is 2. The van der Waals surface area contributed by atoms with Crippen molar-refractivity contribution in [2.45, 2.75) is 52.6 Å². The molecule has 0 saturated carbocycles. The number of nitrogens with one attached hydrogen (secondary N) is 1. The van der Waals surface area contributed by atoms with Crippen molar-refractivity contribution in [3.63, 3.8) is 0 Å². The van der Waals surface area contributed by atoms with Crippen LogP contribution in [0, 0.1) is 5.41 Å². The van der Waals surface area contributed by atoms with Gasteiger partial charge >= 0.3 is 0 Å². The first-order valence-electron chi connectivity index (χ1n) is 7.44. The molecule has 0 rings (SSSR count). The monoisotopic (exact) mass is 320 g/mol. The molecule has 0 aromatic heterocycles. The lowest BCUT2D eigenvalue weighted by Crippen LogP contribution is -2.34. The molecule has 0 radical (unpaired) electrons. The van der Waals surface area contributed by atoms with Gasteiger partial charge in [-0.15, -0.1) is 0 Å². The Bertz CT molecular complexity index is 297. The highest BCUT2D eigenvalue weighted by Gasteiger charge is 2.28. The lowest BCUT2D eigenvalue weighted by molar-refractivity contribution is -0.125. The molecule has 0 aliphatic carbocycles. The van der Waals surface area contributed by atoms with Gasteiger partial charge in [0, 0.05) is 13.2 Å². The van der Waals surface area contributed by atoms with Crippen molar-refractivity contribution in [3.05, 3.63) is 0 Å². The van der Waals surface area contributed by atoms with Gasteiger partial charge in [0.15, 0.2) is 0 Å². The van der Waals surface area contributed by atoms with E-state index in [2.05, 4.69) is 44.1 Å². The van der Waals surface area contributed by atoms with Crippen LogP contribution in [0.1, 0.15) is 47.0 Å². The molecule has 0 aromatic rings. The molecule has 1 amide bonds. The van der Waals surface area contributed by atoms with Crippen LogP contribution < -0.4 is 11.2 Å². The first-order valence-corrected chi connectivity index (χ1v) is 8.83. The average molecular weight is 320 g/mol. The van der Waals surface area contributed by atoms with E-state index >= 15 is 0 Å². The van der Waals surface area contributed by atoms with Crippen LogP contribution in [-0.4, -0.2) is 43.3 Å². The zero-order valence-electron chi connectivity index (χ0n) is 14.2. The van der Waals surface area contributed by atoms with Gasteiger partial charge in [-0.2, -0.15) is 11.8 Å². The molecule has 0 aromatic carbocycles. The van der Waals surface area contributed by atoms with E-state index in [9.17, 15) is 4.79 Å². The van der Waals surface area contributed by atoms with Crippen molar-refractivity contribution in [1.82, 2.24) is 5.32 Å². The predicted octanol–water partition coefficient (Wildman–Crippen LogP) is 2.35. The Morgan fingerprint density at radius 3 is 2.52 bits per heavy atom. The van der Waals surface area contributed by atoms with Crippen LogP contribution in [0.2, 0.25) is 0 Å². The molecule has 0 fully saturated rings. The molecule has 0 aliphatic rings. The average Bonchev–Trinajstić information content (AvgIpc) is 2.35. The van der Waals surface area contributed by atoms with Gasteiger partial charge in [0.05, 0.1) is 5.60 Å². The van der Waals surface area contributed by atoms with E-state index < -0.39 is 0 Å². The van der Waals surface area contributed by atoms with Crippen LogP contribution >= 0.6 is 11.8 Å². The van der Waals surface area contributed by atoms with Gasteiger partial charge < -0.3 is 10.1 Å². The summed E-state index contributed by atoms with van der Waals surface area (Å²) in [7, 11) is 0. The molecule has 126 valence electrons. The second kappa shape index (κ2) is 10.4. The van der Waals surface area contributed by atoms with Gasteiger partial charge in [0.25, 0.3) is 0 Å². The molecule has 0 spiro atoms. The Morgan fingerprint density at radius 2 is 1.95 bits per heavy atom. The summed E-state index contributed by atoms with van der Waals surface area (Å²) in [6, 6.07) is 0. The number of ether oxygens (including phenoxy) is 1. The van der Waals surface area contributed by atoms with Crippen LogP contribution in [0.5, 0.6) is 0 Å². The topological polar surface area (TPSA) is 73.6 Å². The molecule has 0 unspecified atom stereocenters. The first-order chi connectivity index (χ1) is 9.72. The van der Waals surface area contributed by atoms with E-state index in [1.807, 2.05) is 11.8 Å². The molecule has 0 heterocycles. The first kappa shape index (κ1) is 20.7. The minimum absolute atomic E-state index is 0.101. The fourth-order valence-corrected chi connectivity index (χ4v) is 3.20. The molecular formula is C15H32N2O3S. The summed E-state index contributed by atoms with van der Waals surface area (Å²) in [5.74, 6) is 5.80. The fourth-order valence-electron chi connectivity index (χ4n) is 2.45. The summed E-state index contributed by atoms with van der Waals surface area (Å²) >= 11 is 1.89. The summed E-state index contributed by atoms with van der Waals surface area (Å²) in [6.07, 6.45) is 5.14. The largest absolute Gasteiger partial charge is 0.375 e. The normalized spacial score (nSPS) is 12.5. The lowest BCUT2D eigenvalue weighted by atomic mass is 9.79. The third-order valence-corrected chi connectivity index (χ3v) is 3.85. The van der Waals surface area contributed by atoms with E-state index in [0.717, 1.165) is 12.8 Å². The highest BCUT2D eigenvalue weighted by atomic mass is 32.2. The third-order valence-electron chi connectivity index (χ3n) is 3.24. The second-order valence-electron chi connectivity index (χ2n) is 6.71. The zero-order valence-corrected chi connectivity index (χ0v) is 15.0. The Labute approximate surface area is 133 Å². The van der Waals surface area contributed by atoms with Gasteiger partial charge in [-0.25, -0.2) is 5.90 Å². The van der Waals surface area contributed by atoms with E-state index in [0.29, 0.717) is 13.2 Å². The standard InChI is InChI=1S/C15H32N2O3S/c1-14(2,7-10-21-5)12-15(3,4)19-9-6-8-17-13(18)11-20-16/h6-12,16H2,1-5H3,(H,17,18). The molecule has 0 bridgehead atoms. The third kappa shape index (κ3) is 12.0. The highest BCUT2D eigenvalue weighted by Crippen LogP contribution is 2.34. The molecule has 0 aliphatic heterocycles. The van der Waals surface area contributed by atoms with Crippen LogP contribution in [0.3, 0.4) is 0 Å². The molecular weight excluding hydrogens is 288 g/mol. The minimum Gasteiger partial charge on any atom is -0.375 e. The Hall–Kier alpha value is -0.300. The lowest BCUT2D eigenvalue weighted by Gasteiger charge is -2.35. The van der Waals surface area contributed by atoms with E-state index in [-0.39, 0.29) is 23.5 Å². The van der Waals surface area contributed by atoms with E-state index in [4.69, 9.17) is 10.6 Å². The number of amides is 1. The van der Waals surface area contributed by atoms with Crippen molar-refractivity contribution < 1.29 is 14.4 Å². The maximum Gasteiger partial charge on any atom is 0.248 e. The SMILES string of the molecule is CSCCC(C)(C)CC(C)(C)OCCCNC(=O)CON. The number of nitrogens with two attached hydrogens (primary N) is 1. The van der Waals surface area contributed by atoms with Crippen molar-refractivity contribution in [3.8, 4) is 0 Å². The highest BCUT2D eigenvalue weighted by molar-refractivity contribution is 7.98. The maximum atomic E-state index is 11.1. The molecule has 6 heteroatoms.